The molecule has 1 aromatic heterocycles. The summed E-state index contributed by atoms with van der Waals surface area (Å²) in [5.74, 6) is -0.189. The van der Waals surface area contributed by atoms with Crippen LogP contribution in [0.15, 0.2) is 82.6 Å². The van der Waals surface area contributed by atoms with E-state index in [2.05, 4.69) is 11.0 Å². The van der Waals surface area contributed by atoms with E-state index >= 15 is 0 Å². The number of rotatable bonds is 4. The first-order valence-corrected chi connectivity index (χ1v) is 11.5. The van der Waals surface area contributed by atoms with Crippen LogP contribution in [0.2, 0.25) is 5.02 Å². The number of pyridine rings is 1. The number of para-hydroxylation sites is 3. The van der Waals surface area contributed by atoms with Crippen LogP contribution >= 0.6 is 11.6 Å². The topological polar surface area (TPSA) is 57.8 Å². The Bertz CT molecular complexity index is 1400. The monoisotopic (exact) mass is 457 g/mol. The largest absolute Gasteiger partial charge is 0.494 e. The van der Waals surface area contributed by atoms with Gasteiger partial charge in [0.15, 0.2) is 0 Å². The fraction of sp³-hybridized carbons (Fsp3) is 0.185. The molecule has 6 heteroatoms. The van der Waals surface area contributed by atoms with E-state index in [1.54, 1.807) is 36.5 Å². The summed E-state index contributed by atoms with van der Waals surface area (Å²) in [6.45, 7) is 2.02. The van der Waals surface area contributed by atoms with Crippen molar-refractivity contribution in [1.29, 1.82) is 0 Å². The highest BCUT2D eigenvalue weighted by Gasteiger charge is 2.18. The van der Waals surface area contributed by atoms with Crippen LogP contribution in [-0.4, -0.2) is 29.0 Å². The van der Waals surface area contributed by atoms with E-state index in [1.165, 1.54) is 23.8 Å². The summed E-state index contributed by atoms with van der Waals surface area (Å²) in [4.78, 5) is 20.4. The molecule has 0 aliphatic carbocycles. The molecular formula is C27H24ClN3O2. The van der Waals surface area contributed by atoms with E-state index < -0.39 is 0 Å². The maximum absolute atomic E-state index is 13.3. The normalized spacial score (nSPS) is 14.3. The SMILES string of the molecule is O=c1c2ccccc2c(C=Nc2ccccc2N2CCCCC2)c(O)n1-c1ccccc1Cl. The van der Waals surface area contributed by atoms with Crippen LogP contribution in [0.3, 0.4) is 0 Å². The molecule has 1 fully saturated rings. The highest BCUT2D eigenvalue weighted by molar-refractivity contribution is 6.32. The van der Waals surface area contributed by atoms with Gasteiger partial charge in [-0.05, 0) is 49.6 Å². The van der Waals surface area contributed by atoms with Crippen molar-refractivity contribution in [2.45, 2.75) is 19.3 Å². The Morgan fingerprint density at radius 1 is 0.818 bits per heavy atom. The number of aromatic hydroxyl groups is 1. The molecule has 33 heavy (non-hydrogen) atoms. The Morgan fingerprint density at radius 2 is 1.45 bits per heavy atom. The number of halogens is 1. The molecule has 5 nitrogen and oxygen atoms in total. The highest BCUT2D eigenvalue weighted by Crippen LogP contribution is 2.32. The third kappa shape index (κ3) is 4.00. The van der Waals surface area contributed by atoms with Gasteiger partial charge in [0.25, 0.3) is 5.56 Å². The van der Waals surface area contributed by atoms with E-state index in [1.807, 2.05) is 36.4 Å². The lowest BCUT2D eigenvalue weighted by Gasteiger charge is -2.29. The Kier molecular flexibility index (Phi) is 5.88. The molecule has 0 spiro atoms. The molecule has 0 atom stereocenters. The molecule has 2 heterocycles. The van der Waals surface area contributed by atoms with Crippen LogP contribution in [0.5, 0.6) is 5.88 Å². The first kappa shape index (κ1) is 21.3. The van der Waals surface area contributed by atoms with Gasteiger partial charge in [-0.2, -0.15) is 0 Å². The van der Waals surface area contributed by atoms with Gasteiger partial charge in [0.1, 0.15) is 0 Å². The van der Waals surface area contributed by atoms with Crippen LogP contribution in [0, 0.1) is 0 Å². The van der Waals surface area contributed by atoms with Crippen LogP contribution in [0.4, 0.5) is 11.4 Å². The van der Waals surface area contributed by atoms with Crippen molar-refractivity contribution < 1.29 is 5.11 Å². The minimum Gasteiger partial charge on any atom is -0.494 e. The lowest BCUT2D eigenvalue weighted by atomic mass is 10.1. The third-order valence-electron chi connectivity index (χ3n) is 6.11. The van der Waals surface area contributed by atoms with Gasteiger partial charge in [-0.1, -0.05) is 54.1 Å². The molecule has 4 aromatic rings. The first-order valence-electron chi connectivity index (χ1n) is 11.1. The maximum Gasteiger partial charge on any atom is 0.265 e. The smallest absolute Gasteiger partial charge is 0.265 e. The van der Waals surface area contributed by atoms with Gasteiger partial charge in [-0.25, -0.2) is 4.57 Å². The van der Waals surface area contributed by atoms with Crippen molar-refractivity contribution in [2.75, 3.05) is 18.0 Å². The van der Waals surface area contributed by atoms with Gasteiger partial charge in [0.05, 0.1) is 27.6 Å². The van der Waals surface area contributed by atoms with E-state index in [-0.39, 0.29) is 11.4 Å². The summed E-state index contributed by atoms with van der Waals surface area (Å²) < 4.78 is 1.25. The molecule has 1 N–H and O–H groups in total. The zero-order valence-corrected chi connectivity index (χ0v) is 18.9. The lowest BCUT2D eigenvalue weighted by molar-refractivity contribution is 0.436. The Hall–Kier alpha value is -3.57. The van der Waals surface area contributed by atoms with E-state index in [0.717, 1.165) is 24.5 Å². The van der Waals surface area contributed by atoms with Crippen LogP contribution in [0.1, 0.15) is 24.8 Å². The molecule has 1 aliphatic heterocycles. The molecule has 0 bridgehead atoms. The number of hydrogen-bond donors (Lipinski definition) is 1. The second kappa shape index (κ2) is 9.12. The van der Waals surface area contributed by atoms with Crippen molar-refractivity contribution in [2.24, 2.45) is 4.99 Å². The number of benzene rings is 3. The fourth-order valence-corrected chi connectivity index (χ4v) is 4.68. The Labute approximate surface area is 197 Å². The van der Waals surface area contributed by atoms with Gasteiger partial charge >= 0.3 is 0 Å². The van der Waals surface area contributed by atoms with Crippen LogP contribution in [-0.2, 0) is 0 Å². The molecule has 0 unspecified atom stereocenters. The van der Waals surface area contributed by atoms with Gasteiger partial charge in [-0.3, -0.25) is 9.79 Å². The zero-order chi connectivity index (χ0) is 22.8. The Balaban J connectivity index is 1.68. The number of hydrogen-bond acceptors (Lipinski definition) is 4. The predicted octanol–water partition coefficient (Wildman–Crippen LogP) is 6.09. The summed E-state index contributed by atoms with van der Waals surface area (Å²) in [5.41, 5.74) is 2.48. The molecule has 166 valence electrons. The number of aromatic nitrogens is 1. The van der Waals surface area contributed by atoms with Gasteiger partial charge in [-0.15, -0.1) is 0 Å². The first-order chi connectivity index (χ1) is 16.1. The van der Waals surface area contributed by atoms with Crippen molar-refractivity contribution in [3.8, 4) is 11.6 Å². The Morgan fingerprint density at radius 3 is 2.21 bits per heavy atom. The molecule has 0 amide bonds. The van der Waals surface area contributed by atoms with Crippen LogP contribution in [0.25, 0.3) is 16.5 Å². The summed E-state index contributed by atoms with van der Waals surface area (Å²) in [5, 5.41) is 12.8. The van der Waals surface area contributed by atoms with E-state index in [4.69, 9.17) is 16.6 Å². The van der Waals surface area contributed by atoms with Crippen molar-refractivity contribution >= 4 is 40.0 Å². The number of anilines is 1. The summed E-state index contributed by atoms with van der Waals surface area (Å²) in [6, 6.07) is 22.3. The predicted molar refractivity (Wildman–Crippen MR) is 136 cm³/mol. The molecule has 5 rings (SSSR count). The lowest BCUT2D eigenvalue weighted by Crippen LogP contribution is -2.29. The van der Waals surface area contributed by atoms with Gasteiger partial charge < -0.3 is 10.0 Å². The number of aliphatic imine (C=N–C) groups is 1. The quantitative estimate of drug-likeness (QED) is 0.377. The van der Waals surface area contributed by atoms with Gasteiger partial charge in [0, 0.05) is 30.1 Å². The molecule has 0 radical (unpaired) electrons. The molecule has 1 saturated heterocycles. The summed E-state index contributed by atoms with van der Waals surface area (Å²) in [6.07, 6.45) is 5.25. The molecule has 3 aromatic carbocycles. The average Bonchev–Trinajstić information content (AvgIpc) is 2.86. The molecular weight excluding hydrogens is 434 g/mol. The second-order valence-corrected chi connectivity index (χ2v) is 8.58. The second-order valence-electron chi connectivity index (χ2n) is 8.17. The van der Waals surface area contributed by atoms with E-state index in [9.17, 15) is 9.90 Å². The molecule has 0 saturated carbocycles. The van der Waals surface area contributed by atoms with Gasteiger partial charge in [0.2, 0.25) is 5.88 Å². The number of nitrogens with zero attached hydrogens (tertiary/aromatic N) is 3. The van der Waals surface area contributed by atoms with Crippen molar-refractivity contribution in [3.05, 3.63) is 93.7 Å². The minimum atomic E-state index is -0.331. The van der Waals surface area contributed by atoms with Crippen LogP contribution < -0.4 is 10.5 Å². The van der Waals surface area contributed by atoms with E-state index in [0.29, 0.717) is 27.0 Å². The summed E-state index contributed by atoms with van der Waals surface area (Å²) in [7, 11) is 0. The highest BCUT2D eigenvalue weighted by atomic mass is 35.5. The standard InChI is InChI=1S/C27H24ClN3O2/c28-22-12-4-6-14-24(22)31-26(32)20-11-3-2-10-19(20)21(27(31)33)18-29-23-13-5-7-15-25(23)30-16-8-1-9-17-30/h2-7,10-15,18,33H,1,8-9,16-17H2. The van der Waals surface area contributed by atoms with Crippen molar-refractivity contribution in [1.82, 2.24) is 4.57 Å². The minimum absolute atomic E-state index is 0.189. The maximum atomic E-state index is 13.3. The zero-order valence-electron chi connectivity index (χ0n) is 18.1. The average molecular weight is 458 g/mol. The number of piperidine rings is 1. The van der Waals surface area contributed by atoms with Crippen molar-refractivity contribution in [3.63, 3.8) is 0 Å². The number of fused-ring (bicyclic) bond motifs is 1. The third-order valence-corrected chi connectivity index (χ3v) is 6.43. The molecule has 1 aliphatic rings. The summed E-state index contributed by atoms with van der Waals surface area (Å²) >= 11 is 6.38. The fourth-order valence-electron chi connectivity index (χ4n) is 4.46.